The highest BCUT2D eigenvalue weighted by Crippen LogP contribution is 2.46. The summed E-state index contributed by atoms with van der Waals surface area (Å²) in [4.78, 5) is 11.1. The van der Waals surface area contributed by atoms with Gasteiger partial charge in [0.1, 0.15) is 0 Å². The van der Waals surface area contributed by atoms with Gasteiger partial charge in [-0.1, -0.05) is 0 Å². The number of amides is 1. The minimum Gasteiger partial charge on any atom is -0.318 e. The van der Waals surface area contributed by atoms with Crippen molar-refractivity contribution in [2.24, 2.45) is 0 Å². The second-order valence-electron chi connectivity index (χ2n) is 4.06. The van der Waals surface area contributed by atoms with E-state index < -0.39 is 23.9 Å². The molecule has 0 radical (unpaired) electrons. The summed E-state index contributed by atoms with van der Waals surface area (Å²) in [6.45, 7) is 3.24. The molecule has 0 aromatic carbocycles. The predicted octanol–water partition coefficient (Wildman–Crippen LogP) is 2.98. The molecule has 0 aliphatic heterocycles. The third kappa shape index (κ3) is 2.81. The van der Waals surface area contributed by atoms with Crippen LogP contribution in [0.1, 0.15) is 12.6 Å². The largest absolute Gasteiger partial charge is 0.460 e. The molecule has 1 aromatic rings. The zero-order valence-electron chi connectivity index (χ0n) is 10.7. The maximum atomic E-state index is 13.1. The Morgan fingerprint density at radius 3 is 2.14 bits per heavy atom. The Kier molecular flexibility index (Phi) is 4.26. The van der Waals surface area contributed by atoms with E-state index in [9.17, 15) is 35.5 Å². The molecule has 0 fully saturated rings. The minimum atomic E-state index is -6.56. The number of carbonyl (C=O) groups excluding carboxylic acids is 1. The number of rotatable bonds is 4. The number of carbonyl (C=O) groups is 1. The molecule has 1 N–H and O–H groups in total. The summed E-state index contributed by atoms with van der Waals surface area (Å²) in [6, 6.07) is 0. The molecule has 1 rings (SSSR count). The Balaban J connectivity index is 3.05. The van der Waals surface area contributed by atoms with Gasteiger partial charge in [0.05, 0.1) is 17.6 Å². The zero-order chi connectivity index (χ0) is 16.6. The van der Waals surface area contributed by atoms with E-state index in [1.807, 2.05) is 0 Å². The average molecular weight is 321 g/mol. The van der Waals surface area contributed by atoms with Crippen molar-refractivity contribution < 1.29 is 35.5 Å². The van der Waals surface area contributed by atoms with Crippen molar-refractivity contribution in [1.82, 2.24) is 9.78 Å². The Bertz CT molecular complexity index is 535. The number of aryl methyl sites for hydroxylation is 1. The maximum Gasteiger partial charge on any atom is 0.460 e. The van der Waals surface area contributed by atoms with Crippen LogP contribution in [0.5, 0.6) is 0 Å². The number of hydrogen-bond acceptors (Lipinski definition) is 2. The minimum absolute atomic E-state index is 0.136. The fourth-order valence-electron chi connectivity index (χ4n) is 1.41. The predicted molar refractivity (Wildman–Crippen MR) is 57.2 cm³/mol. The lowest BCUT2D eigenvalue weighted by Gasteiger charge is -2.26. The number of aromatic nitrogens is 2. The number of nitrogens with zero attached hydrogens (tertiary/aromatic N) is 2. The highest BCUT2D eigenvalue weighted by molar-refractivity contribution is 5.97. The Labute approximate surface area is 113 Å². The van der Waals surface area contributed by atoms with E-state index in [1.165, 1.54) is 16.9 Å². The molecule has 0 bridgehead atoms. The third-order valence-electron chi connectivity index (χ3n) is 2.69. The van der Waals surface area contributed by atoms with Gasteiger partial charge < -0.3 is 5.32 Å². The van der Waals surface area contributed by atoms with E-state index in [0.717, 1.165) is 6.20 Å². The third-order valence-corrected chi connectivity index (χ3v) is 2.69. The van der Waals surface area contributed by atoms with Gasteiger partial charge in [0.15, 0.2) is 0 Å². The zero-order valence-corrected chi connectivity index (χ0v) is 10.7. The summed E-state index contributed by atoms with van der Waals surface area (Å²) in [5.74, 6) is -15.2. The normalized spacial score (nSPS) is 13.4. The molecular weight excluding hydrogens is 311 g/mol. The highest BCUT2D eigenvalue weighted by atomic mass is 19.4. The molecule has 0 saturated carbocycles. The number of halogens is 7. The van der Waals surface area contributed by atoms with Crippen molar-refractivity contribution in [3.8, 4) is 0 Å². The summed E-state index contributed by atoms with van der Waals surface area (Å²) in [6.07, 6.45) is -5.69. The lowest BCUT2D eigenvalue weighted by Crippen LogP contribution is -2.57. The van der Waals surface area contributed by atoms with E-state index >= 15 is 0 Å². The van der Waals surface area contributed by atoms with Crippen molar-refractivity contribution in [3.05, 3.63) is 11.9 Å². The van der Waals surface area contributed by atoms with Crippen molar-refractivity contribution in [1.29, 1.82) is 0 Å². The molecule has 0 spiro atoms. The van der Waals surface area contributed by atoms with Crippen LogP contribution in [0.15, 0.2) is 6.20 Å². The molecule has 1 heterocycles. The van der Waals surface area contributed by atoms with Crippen molar-refractivity contribution in [2.75, 3.05) is 5.32 Å². The number of anilines is 1. The van der Waals surface area contributed by atoms with Crippen LogP contribution in [-0.2, 0) is 11.3 Å². The first-order chi connectivity index (χ1) is 9.36. The molecule has 0 atom stereocenters. The molecule has 21 heavy (non-hydrogen) atoms. The van der Waals surface area contributed by atoms with E-state index in [2.05, 4.69) is 5.10 Å². The van der Waals surface area contributed by atoms with Crippen molar-refractivity contribution in [3.63, 3.8) is 0 Å². The summed E-state index contributed by atoms with van der Waals surface area (Å²) >= 11 is 0. The van der Waals surface area contributed by atoms with Gasteiger partial charge in [-0.3, -0.25) is 9.48 Å². The van der Waals surface area contributed by atoms with Crippen LogP contribution in [0.25, 0.3) is 0 Å². The van der Waals surface area contributed by atoms with Crippen molar-refractivity contribution >= 4 is 11.6 Å². The van der Waals surface area contributed by atoms with Gasteiger partial charge in [-0.25, -0.2) is 0 Å². The maximum absolute atomic E-state index is 13.1. The highest BCUT2D eigenvalue weighted by Gasteiger charge is 2.76. The smallest absolute Gasteiger partial charge is 0.318 e. The first kappa shape index (κ1) is 17.2. The van der Waals surface area contributed by atoms with E-state index in [-0.39, 0.29) is 17.9 Å². The fraction of sp³-hybridized carbons (Fsp3) is 0.600. The summed E-state index contributed by atoms with van der Waals surface area (Å²) < 4.78 is 88.6. The molecule has 0 unspecified atom stereocenters. The first-order valence-corrected chi connectivity index (χ1v) is 5.52. The quantitative estimate of drug-likeness (QED) is 0.867. The lowest BCUT2D eigenvalue weighted by atomic mass is 10.1. The van der Waals surface area contributed by atoms with Gasteiger partial charge in [0.25, 0.3) is 0 Å². The van der Waals surface area contributed by atoms with E-state index in [0.29, 0.717) is 0 Å². The lowest BCUT2D eigenvalue weighted by molar-refractivity contribution is -0.343. The average Bonchev–Trinajstić information content (AvgIpc) is 2.68. The van der Waals surface area contributed by atoms with Gasteiger partial charge in [0, 0.05) is 6.54 Å². The second-order valence-corrected chi connectivity index (χ2v) is 4.06. The monoisotopic (exact) mass is 321 g/mol. The topological polar surface area (TPSA) is 46.9 Å². The first-order valence-electron chi connectivity index (χ1n) is 5.52. The van der Waals surface area contributed by atoms with Crippen molar-refractivity contribution in [2.45, 2.75) is 38.4 Å². The van der Waals surface area contributed by atoms with Crippen LogP contribution in [0, 0.1) is 6.92 Å². The molecule has 1 amide bonds. The number of hydrogen-bond donors (Lipinski definition) is 1. The Morgan fingerprint density at radius 1 is 1.24 bits per heavy atom. The standard InChI is InChI=1S/C10H10F7N3O/c1-3-20-5(2)6(4-18-20)19-7(21)8(11,12)9(13,14)10(15,16)17/h4H,3H2,1-2H3,(H,19,21). The van der Waals surface area contributed by atoms with Crippen LogP contribution in [0.4, 0.5) is 36.4 Å². The summed E-state index contributed by atoms with van der Waals surface area (Å²) in [5, 5.41) is 4.96. The molecule has 1 aromatic heterocycles. The molecule has 4 nitrogen and oxygen atoms in total. The van der Waals surface area contributed by atoms with Crippen LogP contribution in [0.2, 0.25) is 0 Å². The summed E-state index contributed by atoms with van der Waals surface area (Å²) in [5.41, 5.74) is -0.239. The Morgan fingerprint density at radius 2 is 1.76 bits per heavy atom. The van der Waals surface area contributed by atoms with Gasteiger partial charge in [-0.15, -0.1) is 0 Å². The Hall–Kier alpha value is -1.81. The molecule has 11 heteroatoms. The number of alkyl halides is 7. The van der Waals surface area contributed by atoms with Crippen LogP contribution in [0.3, 0.4) is 0 Å². The van der Waals surface area contributed by atoms with Gasteiger partial charge in [0.2, 0.25) is 0 Å². The summed E-state index contributed by atoms with van der Waals surface area (Å²) in [7, 11) is 0. The van der Waals surface area contributed by atoms with E-state index in [4.69, 9.17) is 0 Å². The molecule has 0 aliphatic carbocycles. The van der Waals surface area contributed by atoms with Crippen LogP contribution < -0.4 is 5.32 Å². The van der Waals surface area contributed by atoms with Crippen LogP contribution in [-0.4, -0.2) is 33.7 Å². The van der Waals surface area contributed by atoms with Gasteiger partial charge in [-0.05, 0) is 13.8 Å². The molecule has 0 saturated heterocycles. The van der Waals surface area contributed by atoms with Crippen LogP contribution >= 0.6 is 0 Å². The number of nitrogens with one attached hydrogen (secondary N) is 1. The molecule has 120 valence electrons. The molecule has 0 aliphatic rings. The molecular formula is C10H10F7N3O. The fourth-order valence-corrected chi connectivity index (χ4v) is 1.41. The van der Waals surface area contributed by atoms with E-state index in [1.54, 1.807) is 6.92 Å². The van der Waals surface area contributed by atoms with Gasteiger partial charge in [-0.2, -0.15) is 35.8 Å². The SMILES string of the molecule is CCn1ncc(NC(=O)C(F)(F)C(F)(F)C(F)(F)F)c1C. The second kappa shape index (κ2) is 5.19. The van der Waals surface area contributed by atoms with Gasteiger partial charge >= 0.3 is 23.9 Å².